The summed E-state index contributed by atoms with van der Waals surface area (Å²) in [6.45, 7) is 2.06. The van der Waals surface area contributed by atoms with Gasteiger partial charge in [0, 0.05) is 32.9 Å². The van der Waals surface area contributed by atoms with Crippen LogP contribution in [0, 0.1) is 0 Å². The van der Waals surface area contributed by atoms with Crippen molar-refractivity contribution in [3.8, 4) is 0 Å². The normalized spacial score (nSPS) is 11.2. The molecule has 0 aromatic heterocycles. The van der Waals surface area contributed by atoms with Crippen LogP contribution in [0.1, 0.15) is 19.8 Å². The Hall–Kier alpha value is -0.990. The maximum absolute atomic E-state index is 11.2. The summed E-state index contributed by atoms with van der Waals surface area (Å²) in [4.78, 5) is 13.1. The van der Waals surface area contributed by atoms with E-state index in [9.17, 15) is 4.79 Å². The minimum absolute atomic E-state index is 0.0190. The first-order valence-corrected chi connectivity index (χ1v) is 4.21. The molecule has 0 fully saturated rings. The Labute approximate surface area is 74.4 Å². The van der Waals surface area contributed by atoms with Gasteiger partial charge in [-0.3, -0.25) is 4.79 Å². The molecular formula is C9H18N2O. The van der Waals surface area contributed by atoms with Crippen LogP contribution >= 0.6 is 0 Å². The van der Waals surface area contributed by atoms with Crippen LogP contribution in [-0.4, -0.2) is 32.0 Å². The lowest BCUT2D eigenvalue weighted by Gasteiger charge is -2.09. The first kappa shape index (κ1) is 11.0. The summed E-state index contributed by atoms with van der Waals surface area (Å²) in [5.41, 5.74) is 0.838. The molecular weight excluding hydrogens is 152 g/mol. The van der Waals surface area contributed by atoms with E-state index in [-0.39, 0.29) is 5.91 Å². The lowest BCUT2D eigenvalue weighted by Crippen LogP contribution is -2.21. The van der Waals surface area contributed by atoms with Gasteiger partial charge in [0.2, 0.25) is 5.91 Å². The lowest BCUT2D eigenvalue weighted by atomic mass is 10.1. The first-order valence-electron chi connectivity index (χ1n) is 4.21. The molecule has 3 heteroatoms. The number of nitrogens with one attached hydrogen (secondary N) is 1. The minimum Gasteiger partial charge on any atom is -0.383 e. The van der Waals surface area contributed by atoms with Crippen LogP contribution in [0.2, 0.25) is 0 Å². The Balaban J connectivity index is 4.31. The fourth-order valence-electron chi connectivity index (χ4n) is 0.978. The fraction of sp³-hybridized carbons (Fsp3) is 0.667. The molecule has 0 aliphatic rings. The van der Waals surface area contributed by atoms with E-state index in [0.717, 1.165) is 18.4 Å². The van der Waals surface area contributed by atoms with Gasteiger partial charge in [0.25, 0.3) is 0 Å². The molecule has 0 atom stereocenters. The highest BCUT2D eigenvalue weighted by Crippen LogP contribution is 2.04. The van der Waals surface area contributed by atoms with E-state index >= 15 is 0 Å². The van der Waals surface area contributed by atoms with Crippen molar-refractivity contribution in [2.75, 3.05) is 21.1 Å². The zero-order valence-electron chi connectivity index (χ0n) is 8.35. The molecule has 0 saturated heterocycles. The van der Waals surface area contributed by atoms with Gasteiger partial charge >= 0.3 is 0 Å². The standard InChI is InChI=1S/C9H18N2O/c1-5-6-8(7-11(3)4)9(12)10-2/h7H,5-6H2,1-4H3,(H,10,12)/b8-7+. The second kappa shape index (κ2) is 5.63. The summed E-state index contributed by atoms with van der Waals surface area (Å²) in [6, 6.07) is 0. The van der Waals surface area contributed by atoms with Crippen LogP contribution in [0.3, 0.4) is 0 Å². The van der Waals surface area contributed by atoms with Gasteiger partial charge in [0.1, 0.15) is 0 Å². The number of likely N-dealkylation sites (N-methyl/N-ethyl adjacent to an activating group) is 1. The highest BCUT2D eigenvalue weighted by atomic mass is 16.1. The van der Waals surface area contributed by atoms with Crippen LogP contribution in [0.25, 0.3) is 0 Å². The molecule has 0 heterocycles. The molecule has 0 unspecified atom stereocenters. The zero-order valence-corrected chi connectivity index (χ0v) is 8.35. The van der Waals surface area contributed by atoms with Gasteiger partial charge in [0.05, 0.1) is 0 Å². The first-order chi connectivity index (χ1) is 5.61. The summed E-state index contributed by atoms with van der Waals surface area (Å²) in [5, 5.41) is 2.62. The Morgan fingerprint density at radius 1 is 1.50 bits per heavy atom. The monoisotopic (exact) mass is 170 g/mol. The Kier molecular flexibility index (Phi) is 5.17. The Morgan fingerprint density at radius 3 is 2.42 bits per heavy atom. The summed E-state index contributed by atoms with van der Waals surface area (Å²) in [5.74, 6) is 0.0190. The van der Waals surface area contributed by atoms with Crippen LogP contribution in [0.5, 0.6) is 0 Å². The topological polar surface area (TPSA) is 32.3 Å². The third-order valence-corrected chi connectivity index (χ3v) is 1.45. The van der Waals surface area contributed by atoms with Crippen molar-refractivity contribution in [2.24, 2.45) is 0 Å². The van der Waals surface area contributed by atoms with E-state index in [0.29, 0.717) is 0 Å². The SMILES string of the molecule is CCC/C(=C\N(C)C)C(=O)NC. The third-order valence-electron chi connectivity index (χ3n) is 1.45. The number of nitrogens with zero attached hydrogens (tertiary/aromatic N) is 1. The van der Waals surface area contributed by atoms with Gasteiger partial charge in [-0.2, -0.15) is 0 Å². The van der Waals surface area contributed by atoms with Crippen molar-refractivity contribution in [3.05, 3.63) is 11.8 Å². The molecule has 0 radical (unpaired) electrons. The van der Waals surface area contributed by atoms with E-state index in [1.807, 2.05) is 25.2 Å². The molecule has 70 valence electrons. The predicted molar refractivity (Wildman–Crippen MR) is 50.7 cm³/mol. The Morgan fingerprint density at radius 2 is 2.08 bits per heavy atom. The zero-order chi connectivity index (χ0) is 9.56. The van der Waals surface area contributed by atoms with E-state index in [2.05, 4.69) is 12.2 Å². The third kappa shape index (κ3) is 4.01. The second-order valence-electron chi connectivity index (χ2n) is 2.95. The van der Waals surface area contributed by atoms with Crippen molar-refractivity contribution in [1.29, 1.82) is 0 Å². The molecule has 1 amide bonds. The number of hydrogen-bond acceptors (Lipinski definition) is 2. The van der Waals surface area contributed by atoms with Crippen LogP contribution in [-0.2, 0) is 4.79 Å². The van der Waals surface area contributed by atoms with Gasteiger partial charge in [-0.1, -0.05) is 13.3 Å². The van der Waals surface area contributed by atoms with E-state index in [1.165, 1.54) is 0 Å². The second-order valence-corrected chi connectivity index (χ2v) is 2.95. The molecule has 0 spiro atoms. The van der Waals surface area contributed by atoms with Crippen LogP contribution in [0.15, 0.2) is 11.8 Å². The van der Waals surface area contributed by atoms with E-state index in [1.54, 1.807) is 7.05 Å². The average molecular weight is 170 g/mol. The van der Waals surface area contributed by atoms with Gasteiger partial charge in [-0.15, -0.1) is 0 Å². The average Bonchev–Trinajstić information content (AvgIpc) is 2.01. The van der Waals surface area contributed by atoms with Crippen LogP contribution in [0.4, 0.5) is 0 Å². The maximum Gasteiger partial charge on any atom is 0.248 e. The van der Waals surface area contributed by atoms with Crippen molar-refractivity contribution in [1.82, 2.24) is 10.2 Å². The molecule has 3 nitrogen and oxygen atoms in total. The lowest BCUT2D eigenvalue weighted by molar-refractivity contribution is -0.117. The summed E-state index contributed by atoms with van der Waals surface area (Å²) < 4.78 is 0. The van der Waals surface area contributed by atoms with Crippen molar-refractivity contribution < 1.29 is 4.79 Å². The molecule has 1 N–H and O–H groups in total. The minimum atomic E-state index is 0.0190. The van der Waals surface area contributed by atoms with Gasteiger partial charge in [-0.25, -0.2) is 0 Å². The molecule has 0 saturated carbocycles. The molecule has 0 bridgehead atoms. The van der Waals surface area contributed by atoms with Gasteiger partial charge < -0.3 is 10.2 Å². The largest absolute Gasteiger partial charge is 0.383 e. The number of rotatable bonds is 4. The molecule has 12 heavy (non-hydrogen) atoms. The van der Waals surface area contributed by atoms with Gasteiger partial charge in [0.15, 0.2) is 0 Å². The summed E-state index contributed by atoms with van der Waals surface area (Å²) in [7, 11) is 5.48. The highest BCUT2D eigenvalue weighted by Gasteiger charge is 2.05. The smallest absolute Gasteiger partial charge is 0.248 e. The van der Waals surface area contributed by atoms with Crippen molar-refractivity contribution in [3.63, 3.8) is 0 Å². The molecule has 0 rings (SSSR count). The highest BCUT2D eigenvalue weighted by molar-refractivity contribution is 5.92. The van der Waals surface area contributed by atoms with Crippen molar-refractivity contribution in [2.45, 2.75) is 19.8 Å². The quantitative estimate of drug-likeness (QED) is 0.638. The maximum atomic E-state index is 11.2. The van der Waals surface area contributed by atoms with Crippen LogP contribution < -0.4 is 5.32 Å². The molecule has 0 aromatic rings. The number of carbonyl (C=O) groups excluding carboxylic acids is 1. The van der Waals surface area contributed by atoms with E-state index < -0.39 is 0 Å². The van der Waals surface area contributed by atoms with Gasteiger partial charge in [-0.05, 0) is 6.42 Å². The number of hydrogen-bond donors (Lipinski definition) is 1. The molecule has 0 aliphatic heterocycles. The van der Waals surface area contributed by atoms with E-state index in [4.69, 9.17) is 0 Å². The fourth-order valence-corrected chi connectivity index (χ4v) is 0.978. The van der Waals surface area contributed by atoms with Crippen molar-refractivity contribution >= 4 is 5.91 Å². The predicted octanol–water partition coefficient (Wildman–Crippen LogP) is 0.978. The Bertz CT molecular complexity index is 173. The number of carbonyl (C=O) groups is 1. The summed E-state index contributed by atoms with van der Waals surface area (Å²) in [6.07, 6.45) is 3.69. The summed E-state index contributed by atoms with van der Waals surface area (Å²) >= 11 is 0. The number of amides is 1. The molecule has 0 aromatic carbocycles. The molecule has 0 aliphatic carbocycles.